The number of nitriles is 1. The Morgan fingerprint density at radius 2 is 1.80 bits per heavy atom. The molecule has 15 heavy (non-hydrogen) atoms. The van der Waals surface area contributed by atoms with Gasteiger partial charge in [-0.15, -0.1) is 0 Å². The minimum atomic E-state index is 0.281. The summed E-state index contributed by atoms with van der Waals surface area (Å²) in [4.78, 5) is 0. The summed E-state index contributed by atoms with van der Waals surface area (Å²) in [6, 6.07) is 9.31. The molecule has 0 heterocycles. The van der Waals surface area contributed by atoms with Gasteiger partial charge in [0.1, 0.15) is 5.75 Å². The lowest BCUT2D eigenvalue weighted by Crippen LogP contribution is -1.91. The van der Waals surface area contributed by atoms with Crippen molar-refractivity contribution in [3.63, 3.8) is 0 Å². The Morgan fingerprint density at radius 1 is 1.07 bits per heavy atom. The average Bonchev–Trinajstić information content (AvgIpc) is 2.30. The summed E-state index contributed by atoms with van der Waals surface area (Å²) < 4.78 is 0. The summed E-state index contributed by atoms with van der Waals surface area (Å²) in [5.74, 6) is 0.281. The number of hydrogen-bond acceptors (Lipinski definition) is 2. The molecule has 2 heteroatoms. The van der Waals surface area contributed by atoms with Crippen LogP contribution in [-0.2, 0) is 0 Å². The second kappa shape index (κ2) is 4.02. The maximum absolute atomic E-state index is 9.16. The lowest BCUT2D eigenvalue weighted by Gasteiger charge is -2.10. The van der Waals surface area contributed by atoms with E-state index in [0.717, 1.165) is 24.0 Å². The molecule has 0 spiro atoms. The van der Waals surface area contributed by atoms with Gasteiger partial charge in [-0.25, -0.2) is 0 Å². The second-order valence-corrected chi connectivity index (χ2v) is 3.54. The van der Waals surface area contributed by atoms with E-state index < -0.39 is 0 Å². The fourth-order valence-corrected chi connectivity index (χ4v) is 1.65. The zero-order valence-electron chi connectivity index (χ0n) is 8.27. The first kappa shape index (κ1) is 9.54. The number of aromatic hydroxyl groups is 1. The molecule has 0 aliphatic heterocycles. The Hall–Kier alpha value is -2.01. The third-order valence-electron chi connectivity index (χ3n) is 2.53. The number of phenolic OH excluding ortho intramolecular Hbond substituents is 1. The van der Waals surface area contributed by atoms with Crippen LogP contribution in [0.15, 0.2) is 42.0 Å². The number of allylic oxidation sites excluding steroid dienone is 4. The molecule has 0 aromatic heterocycles. The Kier molecular flexibility index (Phi) is 2.55. The van der Waals surface area contributed by atoms with Gasteiger partial charge < -0.3 is 5.11 Å². The van der Waals surface area contributed by atoms with E-state index in [1.807, 2.05) is 24.3 Å². The van der Waals surface area contributed by atoms with Crippen molar-refractivity contribution in [2.75, 3.05) is 0 Å². The Balaban J connectivity index is 2.27. The highest BCUT2D eigenvalue weighted by Gasteiger charge is 2.07. The number of benzene rings is 1. The molecule has 0 unspecified atom stereocenters. The molecule has 0 amide bonds. The molecule has 1 aromatic carbocycles. The molecule has 2 rings (SSSR count). The molecule has 0 fully saturated rings. The van der Waals surface area contributed by atoms with E-state index >= 15 is 0 Å². The summed E-state index contributed by atoms with van der Waals surface area (Å²) >= 11 is 0. The van der Waals surface area contributed by atoms with Crippen LogP contribution in [0.1, 0.15) is 18.4 Å². The summed E-state index contributed by atoms with van der Waals surface area (Å²) in [5, 5.41) is 17.9. The quantitative estimate of drug-likeness (QED) is 0.752. The van der Waals surface area contributed by atoms with Crippen molar-refractivity contribution in [2.45, 2.75) is 12.8 Å². The first-order chi connectivity index (χ1) is 7.29. The summed E-state index contributed by atoms with van der Waals surface area (Å²) in [6.07, 6.45) is 5.55. The van der Waals surface area contributed by atoms with Crippen LogP contribution in [0.4, 0.5) is 0 Å². The Morgan fingerprint density at radius 3 is 2.33 bits per heavy atom. The van der Waals surface area contributed by atoms with Gasteiger partial charge in [0.05, 0.1) is 6.07 Å². The first-order valence-corrected chi connectivity index (χ1v) is 4.89. The van der Waals surface area contributed by atoms with Crippen molar-refractivity contribution >= 4 is 5.57 Å². The monoisotopic (exact) mass is 197 g/mol. The van der Waals surface area contributed by atoms with Crippen molar-refractivity contribution in [2.24, 2.45) is 0 Å². The minimum absolute atomic E-state index is 0.281. The van der Waals surface area contributed by atoms with Crippen LogP contribution in [0.3, 0.4) is 0 Å². The molecule has 0 radical (unpaired) electrons. The van der Waals surface area contributed by atoms with Crippen molar-refractivity contribution < 1.29 is 5.11 Å². The summed E-state index contributed by atoms with van der Waals surface area (Å²) in [6.45, 7) is 0. The molecule has 2 nitrogen and oxygen atoms in total. The number of phenols is 1. The maximum Gasteiger partial charge on any atom is 0.115 e. The van der Waals surface area contributed by atoms with Crippen LogP contribution >= 0.6 is 0 Å². The van der Waals surface area contributed by atoms with Crippen molar-refractivity contribution in [3.8, 4) is 11.8 Å². The van der Waals surface area contributed by atoms with Crippen LogP contribution in [-0.4, -0.2) is 5.11 Å². The molecule has 74 valence electrons. The van der Waals surface area contributed by atoms with Gasteiger partial charge in [0, 0.05) is 5.57 Å². The number of hydrogen-bond donors (Lipinski definition) is 1. The van der Waals surface area contributed by atoms with E-state index in [1.54, 1.807) is 12.1 Å². The lowest BCUT2D eigenvalue weighted by molar-refractivity contribution is 0.475. The van der Waals surface area contributed by atoms with Crippen LogP contribution in [0.25, 0.3) is 5.57 Å². The predicted molar refractivity (Wildman–Crippen MR) is 59.0 cm³/mol. The molecule has 1 aromatic rings. The molecule has 0 bridgehead atoms. The number of nitrogens with zero attached hydrogens (tertiary/aromatic N) is 1. The number of rotatable bonds is 1. The van der Waals surface area contributed by atoms with E-state index in [0.29, 0.717) is 0 Å². The van der Waals surface area contributed by atoms with E-state index in [9.17, 15) is 0 Å². The van der Waals surface area contributed by atoms with Crippen LogP contribution in [0.2, 0.25) is 0 Å². The molecular weight excluding hydrogens is 186 g/mol. The molecule has 0 atom stereocenters. The SMILES string of the molecule is N#CC1=CC=C(c2ccc(O)cc2)CC1. The highest BCUT2D eigenvalue weighted by atomic mass is 16.3. The van der Waals surface area contributed by atoms with E-state index in [4.69, 9.17) is 10.4 Å². The van der Waals surface area contributed by atoms with Gasteiger partial charge in [-0.3, -0.25) is 0 Å². The molecule has 0 saturated heterocycles. The third-order valence-corrected chi connectivity index (χ3v) is 2.53. The topological polar surface area (TPSA) is 44.0 Å². The van der Waals surface area contributed by atoms with Crippen molar-refractivity contribution in [1.29, 1.82) is 5.26 Å². The van der Waals surface area contributed by atoms with Gasteiger partial charge in [0.25, 0.3) is 0 Å². The summed E-state index contributed by atoms with van der Waals surface area (Å²) in [7, 11) is 0. The standard InChI is InChI=1S/C13H11NO/c14-9-10-1-3-11(4-2-10)12-5-7-13(15)8-6-12/h1,3,5-8,15H,2,4H2. The van der Waals surface area contributed by atoms with Gasteiger partial charge in [-0.05, 0) is 42.2 Å². The van der Waals surface area contributed by atoms with Gasteiger partial charge >= 0.3 is 0 Å². The molecule has 0 saturated carbocycles. The molecule has 1 aliphatic rings. The smallest absolute Gasteiger partial charge is 0.115 e. The second-order valence-electron chi connectivity index (χ2n) is 3.54. The fourth-order valence-electron chi connectivity index (χ4n) is 1.65. The maximum atomic E-state index is 9.16. The third kappa shape index (κ3) is 2.08. The summed E-state index contributed by atoms with van der Waals surface area (Å²) in [5.41, 5.74) is 3.16. The van der Waals surface area contributed by atoms with Gasteiger partial charge in [-0.2, -0.15) is 5.26 Å². The van der Waals surface area contributed by atoms with E-state index in [-0.39, 0.29) is 5.75 Å². The Bertz CT molecular complexity index is 460. The van der Waals surface area contributed by atoms with Crippen LogP contribution in [0.5, 0.6) is 5.75 Å². The predicted octanol–water partition coefficient (Wildman–Crippen LogP) is 3.02. The van der Waals surface area contributed by atoms with Crippen molar-refractivity contribution in [3.05, 3.63) is 47.6 Å². The van der Waals surface area contributed by atoms with Crippen molar-refractivity contribution in [1.82, 2.24) is 0 Å². The Labute approximate surface area is 88.8 Å². The lowest BCUT2D eigenvalue weighted by atomic mass is 9.94. The highest BCUT2D eigenvalue weighted by Crippen LogP contribution is 2.27. The molecule has 1 N–H and O–H groups in total. The van der Waals surface area contributed by atoms with Gasteiger partial charge in [0.2, 0.25) is 0 Å². The normalized spacial score (nSPS) is 15.1. The van der Waals surface area contributed by atoms with E-state index in [2.05, 4.69) is 6.07 Å². The largest absolute Gasteiger partial charge is 0.508 e. The van der Waals surface area contributed by atoms with Crippen LogP contribution in [0, 0.1) is 11.3 Å². The van der Waals surface area contributed by atoms with Crippen LogP contribution < -0.4 is 0 Å². The van der Waals surface area contributed by atoms with E-state index in [1.165, 1.54) is 5.57 Å². The molecule has 1 aliphatic carbocycles. The molecular formula is C13H11NO. The zero-order chi connectivity index (χ0) is 10.7. The fraction of sp³-hybridized carbons (Fsp3) is 0.154. The van der Waals surface area contributed by atoms with Gasteiger partial charge in [0.15, 0.2) is 0 Å². The average molecular weight is 197 g/mol. The highest BCUT2D eigenvalue weighted by molar-refractivity contribution is 5.69. The first-order valence-electron chi connectivity index (χ1n) is 4.89. The minimum Gasteiger partial charge on any atom is -0.508 e. The van der Waals surface area contributed by atoms with Gasteiger partial charge in [-0.1, -0.05) is 18.2 Å². The zero-order valence-corrected chi connectivity index (χ0v) is 8.27.